The summed E-state index contributed by atoms with van der Waals surface area (Å²) < 4.78 is 6.65. The molecule has 0 bridgehead atoms. The molecule has 11 nitrogen and oxygen atoms in total. The molecule has 1 fully saturated rings. The third kappa shape index (κ3) is 3.78. The monoisotopic (exact) mass is 445 g/mol. The van der Waals surface area contributed by atoms with E-state index in [9.17, 15) is 15.0 Å². The Morgan fingerprint density at radius 3 is 2.79 bits per heavy atom. The van der Waals surface area contributed by atoms with Crippen LogP contribution in [-0.4, -0.2) is 64.9 Å². The van der Waals surface area contributed by atoms with Gasteiger partial charge in [0.1, 0.15) is 6.26 Å². The second-order valence-electron chi connectivity index (χ2n) is 7.79. The first-order valence-corrected chi connectivity index (χ1v) is 10.1. The number of amides is 1. The highest BCUT2D eigenvalue weighted by molar-refractivity contribution is 6.05. The topological polar surface area (TPSA) is 156 Å². The lowest BCUT2D eigenvalue weighted by molar-refractivity contribution is 0.00560. The van der Waals surface area contributed by atoms with Crippen LogP contribution in [0.1, 0.15) is 28.9 Å². The number of nitrogens with zero attached hydrogens (tertiary/aromatic N) is 6. The number of carbonyl (C=O) groups is 1. The fraction of sp³-hybridized carbons (Fsp3) is 0.227. The van der Waals surface area contributed by atoms with Crippen LogP contribution in [0.15, 0.2) is 47.3 Å². The van der Waals surface area contributed by atoms with Gasteiger partial charge in [0.25, 0.3) is 5.91 Å². The number of aliphatic hydroxyl groups excluding tert-OH is 1. The van der Waals surface area contributed by atoms with Gasteiger partial charge in [0.2, 0.25) is 11.8 Å². The fourth-order valence-electron chi connectivity index (χ4n) is 3.49. The summed E-state index contributed by atoms with van der Waals surface area (Å²) in [6.07, 6.45) is 3.76. The van der Waals surface area contributed by atoms with Crippen molar-refractivity contribution in [3.8, 4) is 17.7 Å². The van der Waals surface area contributed by atoms with Crippen LogP contribution in [-0.2, 0) is 5.60 Å². The van der Waals surface area contributed by atoms with Crippen LogP contribution in [0.4, 0.5) is 5.95 Å². The molecule has 1 amide bonds. The number of anilines is 1. The molecule has 3 aromatic heterocycles. The SMILES string of the molecule is CC(O)(C#Cc1ccc2c(C(=O)N3CC(O)C3)nn(-c3ccnc(N)n3)c2c1)c1ncco1. The zero-order valence-electron chi connectivity index (χ0n) is 17.5. The number of hydrogen-bond acceptors (Lipinski definition) is 9. The Hall–Kier alpha value is -4.27. The minimum Gasteiger partial charge on any atom is -0.445 e. The molecule has 4 heterocycles. The molecule has 0 spiro atoms. The number of carbonyl (C=O) groups excluding carboxylic acids is 1. The van der Waals surface area contributed by atoms with E-state index in [2.05, 4.69) is 31.9 Å². The summed E-state index contributed by atoms with van der Waals surface area (Å²) in [6.45, 7) is 2.00. The standard InChI is InChI=1S/C22H19N7O4/c1-22(32,20-24-8-9-33-20)6-4-13-2-3-15-16(10-13)29(17-5-7-25-21(23)26-17)27-18(15)19(31)28-11-14(30)12-28/h2-3,5,7-10,14,30,32H,11-12H2,1H3,(H2,23,25,26). The molecule has 1 aromatic carbocycles. The smallest absolute Gasteiger partial charge is 0.275 e. The van der Waals surface area contributed by atoms with Gasteiger partial charge < -0.3 is 25.3 Å². The summed E-state index contributed by atoms with van der Waals surface area (Å²) in [7, 11) is 0. The Labute approximate surface area is 187 Å². The number of rotatable bonds is 3. The number of aliphatic hydroxyl groups is 2. The van der Waals surface area contributed by atoms with Crippen molar-refractivity contribution in [2.75, 3.05) is 18.8 Å². The molecule has 4 N–H and O–H groups in total. The number of nitrogen functional groups attached to an aromatic ring is 1. The van der Waals surface area contributed by atoms with Gasteiger partial charge in [0, 0.05) is 36.3 Å². The van der Waals surface area contributed by atoms with E-state index in [-0.39, 0.29) is 36.5 Å². The van der Waals surface area contributed by atoms with Crippen LogP contribution in [0.3, 0.4) is 0 Å². The highest BCUT2D eigenvalue weighted by Crippen LogP contribution is 2.26. The molecule has 1 aliphatic rings. The maximum absolute atomic E-state index is 13.0. The van der Waals surface area contributed by atoms with Crippen molar-refractivity contribution in [1.82, 2.24) is 29.6 Å². The summed E-state index contributed by atoms with van der Waals surface area (Å²) in [5.41, 5.74) is 5.52. The fourth-order valence-corrected chi connectivity index (χ4v) is 3.49. The number of benzene rings is 1. The Balaban J connectivity index is 1.60. The lowest BCUT2D eigenvalue weighted by Gasteiger charge is -2.35. The molecule has 33 heavy (non-hydrogen) atoms. The molecule has 1 atom stereocenters. The first-order chi connectivity index (χ1) is 15.8. The predicted molar refractivity (Wildman–Crippen MR) is 116 cm³/mol. The van der Waals surface area contributed by atoms with Gasteiger partial charge in [0.05, 0.1) is 17.8 Å². The van der Waals surface area contributed by atoms with Crippen molar-refractivity contribution < 1.29 is 19.4 Å². The molecule has 5 rings (SSSR count). The molecule has 1 unspecified atom stereocenters. The number of fused-ring (bicyclic) bond motifs is 1. The highest BCUT2D eigenvalue weighted by Gasteiger charge is 2.32. The summed E-state index contributed by atoms with van der Waals surface area (Å²) in [6, 6.07) is 6.82. The number of β-amino-alcohol motifs (C(OH)–C–C–N with tert-alkyl or cyclic N) is 1. The van der Waals surface area contributed by atoms with E-state index in [4.69, 9.17) is 10.2 Å². The Morgan fingerprint density at radius 1 is 1.27 bits per heavy atom. The summed E-state index contributed by atoms with van der Waals surface area (Å²) in [5.74, 6) is 5.91. The van der Waals surface area contributed by atoms with Crippen LogP contribution in [0.5, 0.6) is 0 Å². The maximum atomic E-state index is 13.0. The van der Waals surface area contributed by atoms with Crippen molar-refractivity contribution in [3.63, 3.8) is 0 Å². The average molecular weight is 445 g/mol. The van der Waals surface area contributed by atoms with E-state index in [0.29, 0.717) is 22.3 Å². The van der Waals surface area contributed by atoms with E-state index in [1.807, 2.05) is 0 Å². The van der Waals surface area contributed by atoms with Crippen LogP contribution in [0, 0.1) is 11.8 Å². The summed E-state index contributed by atoms with van der Waals surface area (Å²) >= 11 is 0. The van der Waals surface area contributed by atoms with Crippen LogP contribution in [0.2, 0.25) is 0 Å². The van der Waals surface area contributed by atoms with Gasteiger partial charge in [-0.2, -0.15) is 10.1 Å². The van der Waals surface area contributed by atoms with Gasteiger partial charge in [-0.15, -0.1) is 0 Å². The van der Waals surface area contributed by atoms with Gasteiger partial charge in [-0.3, -0.25) is 4.79 Å². The number of oxazole rings is 1. The predicted octanol–water partition coefficient (Wildman–Crippen LogP) is 0.462. The van der Waals surface area contributed by atoms with Crippen molar-refractivity contribution in [2.24, 2.45) is 0 Å². The molecular weight excluding hydrogens is 426 g/mol. The largest absolute Gasteiger partial charge is 0.445 e. The second-order valence-corrected chi connectivity index (χ2v) is 7.79. The van der Waals surface area contributed by atoms with E-state index < -0.39 is 11.7 Å². The highest BCUT2D eigenvalue weighted by atomic mass is 16.4. The van der Waals surface area contributed by atoms with E-state index in [0.717, 1.165) is 0 Å². The van der Waals surface area contributed by atoms with Gasteiger partial charge >= 0.3 is 0 Å². The van der Waals surface area contributed by atoms with Crippen molar-refractivity contribution in [2.45, 2.75) is 18.6 Å². The number of hydrogen-bond donors (Lipinski definition) is 3. The molecule has 0 aliphatic carbocycles. The third-order valence-corrected chi connectivity index (χ3v) is 5.21. The van der Waals surface area contributed by atoms with Gasteiger partial charge in [-0.25, -0.2) is 14.6 Å². The summed E-state index contributed by atoms with van der Waals surface area (Å²) in [4.78, 5) is 26.6. The van der Waals surface area contributed by atoms with E-state index >= 15 is 0 Å². The first kappa shape index (κ1) is 20.6. The molecule has 1 saturated heterocycles. The Morgan fingerprint density at radius 2 is 2.09 bits per heavy atom. The quantitative estimate of drug-likeness (QED) is 0.381. The minimum atomic E-state index is -1.58. The van der Waals surface area contributed by atoms with Crippen molar-refractivity contribution >= 4 is 22.8 Å². The Bertz CT molecular complexity index is 1410. The van der Waals surface area contributed by atoms with Crippen LogP contribution >= 0.6 is 0 Å². The van der Waals surface area contributed by atoms with Crippen LogP contribution < -0.4 is 5.73 Å². The number of nitrogens with two attached hydrogens (primary N) is 1. The van der Waals surface area contributed by atoms with E-state index in [1.54, 1.807) is 24.3 Å². The lowest BCUT2D eigenvalue weighted by Crippen LogP contribution is -2.53. The van der Waals surface area contributed by atoms with Gasteiger partial charge in [-0.05, 0) is 25.1 Å². The van der Waals surface area contributed by atoms with Gasteiger partial charge in [-0.1, -0.05) is 11.8 Å². The lowest BCUT2D eigenvalue weighted by atomic mass is 10.1. The minimum absolute atomic E-state index is 0.0628. The molecule has 166 valence electrons. The maximum Gasteiger partial charge on any atom is 0.275 e. The van der Waals surface area contributed by atoms with Gasteiger partial charge in [0.15, 0.2) is 17.1 Å². The zero-order chi connectivity index (χ0) is 23.2. The molecule has 11 heteroatoms. The normalized spacial score (nSPS) is 15.5. The number of aromatic nitrogens is 5. The van der Waals surface area contributed by atoms with Crippen LogP contribution in [0.25, 0.3) is 16.7 Å². The number of likely N-dealkylation sites (tertiary alicyclic amines) is 1. The molecule has 0 radical (unpaired) electrons. The summed E-state index contributed by atoms with van der Waals surface area (Å²) in [5, 5.41) is 25.2. The molecule has 4 aromatic rings. The second kappa shape index (κ2) is 7.70. The van der Waals surface area contributed by atoms with Crippen molar-refractivity contribution in [3.05, 3.63) is 60.1 Å². The van der Waals surface area contributed by atoms with Crippen molar-refractivity contribution in [1.29, 1.82) is 0 Å². The average Bonchev–Trinajstić information content (AvgIpc) is 3.44. The zero-order valence-corrected chi connectivity index (χ0v) is 17.5. The molecule has 0 saturated carbocycles. The third-order valence-electron chi connectivity index (χ3n) is 5.21. The Kier molecular flexibility index (Phi) is 4.81. The van der Waals surface area contributed by atoms with E-state index in [1.165, 1.54) is 35.2 Å². The molecule has 1 aliphatic heterocycles. The first-order valence-electron chi connectivity index (χ1n) is 10.1. The molecular formula is C22H19N7O4.